The number of carbonyl (C=O) groups is 3. The van der Waals surface area contributed by atoms with Gasteiger partial charge in [0.05, 0.1) is 12.5 Å². The second kappa shape index (κ2) is 12.6. The van der Waals surface area contributed by atoms with Gasteiger partial charge in [-0.15, -0.1) is 0 Å². The van der Waals surface area contributed by atoms with Gasteiger partial charge in [0.1, 0.15) is 5.60 Å². The van der Waals surface area contributed by atoms with Crippen LogP contribution in [0.2, 0.25) is 0 Å². The summed E-state index contributed by atoms with van der Waals surface area (Å²) >= 11 is 0. The van der Waals surface area contributed by atoms with Crippen LogP contribution in [0.5, 0.6) is 0 Å². The summed E-state index contributed by atoms with van der Waals surface area (Å²) in [6.07, 6.45) is 2.88. The van der Waals surface area contributed by atoms with Gasteiger partial charge in [-0.05, 0) is 64.1 Å². The van der Waals surface area contributed by atoms with E-state index in [1.54, 1.807) is 20.8 Å². The van der Waals surface area contributed by atoms with Crippen LogP contribution in [-0.4, -0.2) is 61.1 Å². The highest BCUT2D eigenvalue weighted by molar-refractivity contribution is 5.94. The lowest BCUT2D eigenvalue weighted by molar-refractivity contribution is -0.127. The molecule has 1 heterocycles. The van der Waals surface area contributed by atoms with Crippen molar-refractivity contribution >= 4 is 23.6 Å². The molecule has 184 valence electrons. The van der Waals surface area contributed by atoms with Gasteiger partial charge in [-0.25, -0.2) is 4.79 Å². The number of carbonyl (C=O) groups excluding carboxylic acids is 3. The number of piperidine rings is 1. The van der Waals surface area contributed by atoms with Gasteiger partial charge in [0, 0.05) is 25.3 Å². The summed E-state index contributed by atoms with van der Waals surface area (Å²) in [4.78, 5) is 39.1. The maximum atomic E-state index is 12.8. The Morgan fingerprint density at radius 2 is 1.70 bits per heavy atom. The maximum absolute atomic E-state index is 12.8. The summed E-state index contributed by atoms with van der Waals surface area (Å²) in [5, 5.41) is 8.62. The lowest BCUT2D eigenvalue weighted by atomic mass is 9.97. The van der Waals surface area contributed by atoms with Gasteiger partial charge in [0.25, 0.3) is 0 Å². The van der Waals surface area contributed by atoms with Gasteiger partial charge in [-0.3, -0.25) is 14.5 Å². The van der Waals surface area contributed by atoms with Crippen LogP contribution >= 0.6 is 0 Å². The fraction of sp³-hybridized carbons (Fsp3) is 0.640. The summed E-state index contributed by atoms with van der Waals surface area (Å²) in [7, 11) is 0. The molecule has 0 saturated carbocycles. The molecule has 3 amide bonds. The van der Waals surface area contributed by atoms with E-state index in [0.29, 0.717) is 19.6 Å². The average Bonchev–Trinajstić information content (AvgIpc) is 2.75. The minimum Gasteiger partial charge on any atom is -0.444 e. The molecule has 1 atom stereocenters. The van der Waals surface area contributed by atoms with Crippen LogP contribution in [0.3, 0.4) is 0 Å². The van der Waals surface area contributed by atoms with Crippen LogP contribution in [0.4, 0.5) is 10.5 Å². The molecule has 0 spiro atoms. The third-order valence-corrected chi connectivity index (χ3v) is 5.60. The Kier molecular flexibility index (Phi) is 10.2. The van der Waals surface area contributed by atoms with Crippen molar-refractivity contribution in [3.8, 4) is 0 Å². The van der Waals surface area contributed by atoms with E-state index in [0.717, 1.165) is 49.0 Å². The first kappa shape index (κ1) is 26.6. The predicted octanol–water partition coefficient (Wildman–Crippen LogP) is 3.10. The molecule has 0 radical (unpaired) electrons. The summed E-state index contributed by atoms with van der Waals surface area (Å²) in [5.41, 5.74) is 2.65. The Morgan fingerprint density at radius 3 is 2.30 bits per heavy atom. The number of likely N-dealkylation sites (tertiary alicyclic amines) is 1. The first-order valence-electron chi connectivity index (χ1n) is 12.0. The lowest BCUT2D eigenvalue weighted by Crippen LogP contribution is -2.46. The van der Waals surface area contributed by atoms with Crippen molar-refractivity contribution in [2.24, 2.45) is 5.92 Å². The van der Waals surface area contributed by atoms with Gasteiger partial charge in [-0.1, -0.05) is 32.0 Å². The largest absolute Gasteiger partial charge is 0.444 e. The monoisotopic (exact) mass is 460 g/mol. The highest BCUT2D eigenvalue weighted by Crippen LogP contribution is 2.23. The van der Waals surface area contributed by atoms with Gasteiger partial charge < -0.3 is 20.7 Å². The Hall–Kier alpha value is -2.61. The van der Waals surface area contributed by atoms with Crippen molar-refractivity contribution in [3.05, 3.63) is 29.3 Å². The molecule has 3 N–H and O–H groups in total. The number of nitrogens with one attached hydrogen (secondary N) is 3. The molecule has 1 unspecified atom stereocenters. The number of nitrogens with zero attached hydrogens (tertiary/aromatic N) is 1. The van der Waals surface area contributed by atoms with Gasteiger partial charge in [0.15, 0.2) is 0 Å². The van der Waals surface area contributed by atoms with Crippen molar-refractivity contribution in [1.29, 1.82) is 0 Å². The maximum Gasteiger partial charge on any atom is 0.407 e. The van der Waals surface area contributed by atoms with E-state index in [1.807, 2.05) is 23.1 Å². The fourth-order valence-electron chi connectivity index (χ4n) is 4.01. The molecule has 0 aromatic heterocycles. The van der Waals surface area contributed by atoms with E-state index < -0.39 is 11.7 Å². The van der Waals surface area contributed by atoms with Crippen LogP contribution < -0.4 is 16.0 Å². The normalized spacial score (nSPS) is 16.7. The van der Waals surface area contributed by atoms with Crippen molar-refractivity contribution in [2.75, 3.05) is 38.0 Å². The number of aryl methyl sites for hydroxylation is 2. The molecule has 1 saturated heterocycles. The van der Waals surface area contributed by atoms with Crippen molar-refractivity contribution in [2.45, 2.75) is 65.9 Å². The zero-order valence-corrected chi connectivity index (χ0v) is 20.8. The quantitative estimate of drug-likeness (QED) is 0.492. The summed E-state index contributed by atoms with van der Waals surface area (Å²) in [5.74, 6) is -0.258. The third kappa shape index (κ3) is 9.04. The summed E-state index contributed by atoms with van der Waals surface area (Å²) in [6, 6.07) is 6.13. The molecule has 8 heteroatoms. The Labute approximate surface area is 197 Å². The van der Waals surface area contributed by atoms with Crippen LogP contribution in [0, 0.1) is 5.92 Å². The lowest BCUT2D eigenvalue weighted by Gasteiger charge is -2.31. The highest BCUT2D eigenvalue weighted by Gasteiger charge is 2.27. The zero-order chi connectivity index (χ0) is 24.4. The van der Waals surface area contributed by atoms with Crippen LogP contribution in [0.15, 0.2) is 18.2 Å². The molecule has 1 aromatic rings. The number of alkyl carbamates (subject to hydrolysis) is 1. The molecular formula is C25H40N4O4. The van der Waals surface area contributed by atoms with Crippen LogP contribution in [0.1, 0.15) is 58.6 Å². The predicted molar refractivity (Wildman–Crippen MR) is 130 cm³/mol. The number of anilines is 1. The van der Waals surface area contributed by atoms with Gasteiger partial charge >= 0.3 is 6.09 Å². The number of amides is 3. The first-order valence-corrected chi connectivity index (χ1v) is 12.0. The number of rotatable bonds is 9. The topological polar surface area (TPSA) is 99.8 Å². The summed E-state index contributed by atoms with van der Waals surface area (Å²) < 4.78 is 5.18. The first-order chi connectivity index (χ1) is 15.6. The van der Waals surface area contributed by atoms with Crippen molar-refractivity contribution < 1.29 is 19.1 Å². The van der Waals surface area contributed by atoms with E-state index in [9.17, 15) is 14.4 Å². The number of hydrogen-bond donors (Lipinski definition) is 3. The molecule has 1 fully saturated rings. The molecule has 1 aliphatic rings. The standard InChI is InChI=1S/C25H40N4O4/c1-6-18-10-8-11-19(7-2)22(18)28-21(30)17-29-15-9-12-20(16-29)23(31)26-13-14-27-24(32)33-25(3,4)5/h8,10-11,20H,6-7,9,12-17H2,1-5H3,(H,26,31)(H,27,32)(H,28,30). The molecule has 0 bridgehead atoms. The van der Waals surface area contributed by atoms with Crippen molar-refractivity contribution in [3.63, 3.8) is 0 Å². The SMILES string of the molecule is CCc1cccc(CC)c1NC(=O)CN1CCCC(C(=O)NCCNC(=O)OC(C)(C)C)C1. The molecule has 2 rings (SSSR count). The van der Waals surface area contributed by atoms with E-state index in [-0.39, 0.29) is 24.3 Å². The summed E-state index contributed by atoms with van der Waals surface area (Å²) in [6.45, 7) is 11.8. The van der Waals surface area contributed by atoms with Gasteiger partial charge in [0.2, 0.25) is 11.8 Å². The number of hydrogen-bond acceptors (Lipinski definition) is 5. The van der Waals surface area contributed by atoms with E-state index >= 15 is 0 Å². The fourth-order valence-corrected chi connectivity index (χ4v) is 4.01. The smallest absolute Gasteiger partial charge is 0.407 e. The minimum atomic E-state index is -0.554. The molecule has 1 aromatic carbocycles. The molecule has 0 aliphatic carbocycles. The Balaban J connectivity index is 1.79. The zero-order valence-electron chi connectivity index (χ0n) is 20.8. The number of benzene rings is 1. The average molecular weight is 461 g/mol. The second-order valence-electron chi connectivity index (χ2n) is 9.50. The second-order valence-corrected chi connectivity index (χ2v) is 9.50. The molecule has 8 nitrogen and oxygen atoms in total. The number of para-hydroxylation sites is 1. The molecular weight excluding hydrogens is 420 g/mol. The third-order valence-electron chi connectivity index (χ3n) is 5.60. The highest BCUT2D eigenvalue weighted by atomic mass is 16.6. The van der Waals surface area contributed by atoms with E-state index in [1.165, 1.54) is 0 Å². The van der Waals surface area contributed by atoms with E-state index in [4.69, 9.17) is 4.74 Å². The van der Waals surface area contributed by atoms with Crippen molar-refractivity contribution in [1.82, 2.24) is 15.5 Å². The number of ether oxygens (including phenoxy) is 1. The molecule has 1 aliphatic heterocycles. The van der Waals surface area contributed by atoms with Crippen LogP contribution in [0.25, 0.3) is 0 Å². The molecule has 33 heavy (non-hydrogen) atoms. The Bertz CT molecular complexity index is 797. The minimum absolute atomic E-state index is 0.0457. The Morgan fingerprint density at radius 1 is 1.06 bits per heavy atom. The van der Waals surface area contributed by atoms with E-state index in [2.05, 4.69) is 29.8 Å². The van der Waals surface area contributed by atoms with Gasteiger partial charge in [-0.2, -0.15) is 0 Å². The van der Waals surface area contributed by atoms with Crippen LogP contribution in [-0.2, 0) is 27.2 Å².